The molecule has 1 saturated carbocycles. The van der Waals surface area contributed by atoms with Crippen molar-refractivity contribution in [3.05, 3.63) is 0 Å². The first kappa shape index (κ1) is 13.0. The molecule has 2 unspecified atom stereocenters. The van der Waals surface area contributed by atoms with Gasteiger partial charge in [0.1, 0.15) is 6.04 Å². The molecule has 1 rings (SSSR count). The van der Waals surface area contributed by atoms with E-state index in [0.717, 1.165) is 12.8 Å². The summed E-state index contributed by atoms with van der Waals surface area (Å²) in [5.74, 6) is -0.754. The van der Waals surface area contributed by atoms with Crippen molar-refractivity contribution in [2.75, 3.05) is 20.6 Å². The molecule has 0 radical (unpaired) electrons. The number of carboxylic acids is 1. The smallest absolute Gasteiger partial charge is 0.321 e. The lowest BCUT2D eigenvalue weighted by molar-refractivity contribution is -0.144. The Bertz CT molecular complexity index is 276. The monoisotopic (exact) mass is 228 g/mol. The second-order valence-electron chi connectivity index (χ2n) is 4.58. The first-order valence-electron chi connectivity index (χ1n) is 5.62. The SMILES string of the molecule is CNC(=O)C(C)CN(C)C(C(=O)O)C1CC1. The number of nitrogens with one attached hydrogen (secondary N) is 1. The van der Waals surface area contributed by atoms with E-state index in [1.165, 1.54) is 0 Å². The molecule has 2 N–H and O–H groups in total. The van der Waals surface area contributed by atoms with Crippen LogP contribution in [0.3, 0.4) is 0 Å². The molecule has 16 heavy (non-hydrogen) atoms. The maximum Gasteiger partial charge on any atom is 0.321 e. The number of carbonyl (C=O) groups excluding carboxylic acids is 1. The highest BCUT2D eigenvalue weighted by molar-refractivity contribution is 5.78. The van der Waals surface area contributed by atoms with Crippen LogP contribution < -0.4 is 5.32 Å². The fourth-order valence-corrected chi connectivity index (χ4v) is 2.04. The molecule has 0 aromatic rings. The number of likely N-dealkylation sites (N-methyl/N-ethyl adjacent to an activating group) is 1. The van der Waals surface area contributed by atoms with Crippen LogP contribution >= 0.6 is 0 Å². The van der Waals surface area contributed by atoms with E-state index < -0.39 is 12.0 Å². The topological polar surface area (TPSA) is 69.6 Å². The minimum Gasteiger partial charge on any atom is -0.480 e. The molecule has 1 aliphatic rings. The summed E-state index contributed by atoms with van der Waals surface area (Å²) < 4.78 is 0. The van der Waals surface area contributed by atoms with Crippen LogP contribution in [-0.4, -0.2) is 48.6 Å². The Morgan fingerprint density at radius 3 is 2.44 bits per heavy atom. The summed E-state index contributed by atoms with van der Waals surface area (Å²) in [6.45, 7) is 2.29. The van der Waals surface area contributed by atoms with Crippen LogP contribution in [0.15, 0.2) is 0 Å². The van der Waals surface area contributed by atoms with Gasteiger partial charge in [-0.2, -0.15) is 0 Å². The van der Waals surface area contributed by atoms with Gasteiger partial charge in [0.15, 0.2) is 0 Å². The Morgan fingerprint density at radius 2 is 2.06 bits per heavy atom. The van der Waals surface area contributed by atoms with Crippen molar-refractivity contribution < 1.29 is 14.7 Å². The number of carboxylic acid groups (broad SMARTS) is 1. The molecule has 2 atom stereocenters. The number of hydrogen-bond donors (Lipinski definition) is 2. The van der Waals surface area contributed by atoms with E-state index >= 15 is 0 Å². The summed E-state index contributed by atoms with van der Waals surface area (Å²) in [6, 6.07) is -0.438. The number of hydrogen-bond acceptors (Lipinski definition) is 3. The van der Waals surface area contributed by atoms with Gasteiger partial charge in [-0.3, -0.25) is 14.5 Å². The first-order chi connectivity index (χ1) is 7.47. The van der Waals surface area contributed by atoms with Gasteiger partial charge in [-0.1, -0.05) is 6.92 Å². The zero-order chi connectivity index (χ0) is 12.3. The van der Waals surface area contributed by atoms with E-state index in [4.69, 9.17) is 5.11 Å². The summed E-state index contributed by atoms with van der Waals surface area (Å²) in [6.07, 6.45) is 1.96. The zero-order valence-corrected chi connectivity index (χ0v) is 10.1. The van der Waals surface area contributed by atoms with E-state index in [0.29, 0.717) is 6.54 Å². The van der Waals surface area contributed by atoms with Gasteiger partial charge in [0.05, 0.1) is 0 Å². The number of carbonyl (C=O) groups is 2. The van der Waals surface area contributed by atoms with Crippen molar-refractivity contribution >= 4 is 11.9 Å². The van der Waals surface area contributed by atoms with Crippen LogP contribution in [0.4, 0.5) is 0 Å². The molecule has 0 aromatic heterocycles. The number of amides is 1. The van der Waals surface area contributed by atoms with Gasteiger partial charge in [-0.05, 0) is 25.8 Å². The first-order valence-corrected chi connectivity index (χ1v) is 5.62. The van der Waals surface area contributed by atoms with Gasteiger partial charge in [0.25, 0.3) is 0 Å². The lowest BCUT2D eigenvalue weighted by Gasteiger charge is -2.26. The molecule has 0 heterocycles. The largest absolute Gasteiger partial charge is 0.480 e. The number of nitrogens with zero attached hydrogens (tertiary/aromatic N) is 1. The van der Waals surface area contributed by atoms with E-state index in [1.807, 2.05) is 0 Å². The van der Waals surface area contributed by atoms with E-state index in [2.05, 4.69) is 5.32 Å². The maximum absolute atomic E-state index is 11.3. The Kier molecular flexibility index (Phi) is 4.29. The summed E-state index contributed by atoms with van der Waals surface area (Å²) >= 11 is 0. The standard InChI is InChI=1S/C11H20N2O3/c1-7(10(14)12-2)6-13(3)9(11(15)16)8-4-5-8/h7-9H,4-6H2,1-3H3,(H,12,14)(H,15,16). The van der Waals surface area contributed by atoms with E-state index in [9.17, 15) is 9.59 Å². The predicted octanol–water partition coefficient (Wildman–Crippen LogP) is 0.164. The zero-order valence-electron chi connectivity index (χ0n) is 10.1. The van der Waals surface area contributed by atoms with Crippen molar-refractivity contribution in [3.8, 4) is 0 Å². The number of rotatable bonds is 6. The van der Waals surface area contributed by atoms with Crippen LogP contribution in [0.2, 0.25) is 0 Å². The van der Waals surface area contributed by atoms with Gasteiger partial charge in [0, 0.05) is 19.5 Å². The van der Waals surface area contributed by atoms with Crippen molar-refractivity contribution in [3.63, 3.8) is 0 Å². The lowest BCUT2D eigenvalue weighted by atomic mass is 10.1. The third-order valence-corrected chi connectivity index (χ3v) is 3.05. The quantitative estimate of drug-likeness (QED) is 0.679. The third-order valence-electron chi connectivity index (χ3n) is 3.05. The molecule has 0 aromatic carbocycles. The summed E-state index contributed by atoms with van der Waals surface area (Å²) in [5, 5.41) is 11.7. The van der Waals surface area contributed by atoms with E-state index in [-0.39, 0.29) is 17.7 Å². The minimum absolute atomic E-state index is 0.0493. The minimum atomic E-state index is -0.783. The fraction of sp³-hybridized carbons (Fsp3) is 0.818. The van der Waals surface area contributed by atoms with Crippen LogP contribution in [-0.2, 0) is 9.59 Å². The second kappa shape index (κ2) is 5.30. The Morgan fingerprint density at radius 1 is 1.50 bits per heavy atom. The molecule has 92 valence electrons. The highest BCUT2D eigenvalue weighted by Crippen LogP contribution is 2.35. The average Bonchev–Trinajstić information content (AvgIpc) is 3.00. The van der Waals surface area contributed by atoms with Crippen molar-refractivity contribution in [1.82, 2.24) is 10.2 Å². The van der Waals surface area contributed by atoms with E-state index in [1.54, 1.807) is 25.9 Å². The summed E-state index contributed by atoms with van der Waals surface area (Å²) in [5.41, 5.74) is 0. The van der Waals surface area contributed by atoms with Crippen molar-refractivity contribution in [2.45, 2.75) is 25.8 Å². The average molecular weight is 228 g/mol. The highest BCUT2D eigenvalue weighted by atomic mass is 16.4. The Balaban J connectivity index is 2.51. The summed E-state index contributed by atoms with van der Waals surface area (Å²) in [7, 11) is 3.37. The highest BCUT2D eigenvalue weighted by Gasteiger charge is 2.39. The van der Waals surface area contributed by atoms with Crippen molar-refractivity contribution in [1.29, 1.82) is 0 Å². The molecule has 0 bridgehead atoms. The Labute approximate surface area is 95.8 Å². The van der Waals surface area contributed by atoms with Crippen molar-refractivity contribution in [2.24, 2.45) is 11.8 Å². The predicted molar refractivity (Wildman–Crippen MR) is 60.0 cm³/mol. The molecular weight excluding hydrogens is 208 g/mol. The van der Waals surface area contributed by atoms with Crippen LogP contribution in [0, 0.1) is 11.8 Å². The molecule has 1 amide bonds. The molecule has 5 heteroatoms. The lowest BCUT2D eigenvalue weighted by Crippen LogP contribution is -2.44. The third kappa shape index (κ3) is 3.20. The molecule has 5 nitrogen and oxygen atoms in total. The Hall–Kier alpha value is -1.10. The molecule has 0 spiro atoms. The molecular formula is C11H20N2O3. The van der Waals surface area contributed by atoms with Gasteiger partial charge in [-0.15, -0.1) is 0 Å². The normalized spacial score (nSPS) is 19.2. The second-order valence-corrected chi connectivity index (χ2v) is 4.58. The van der Waals surface area contributed by atoms with Crippen LogP contribution in [0.5, 0.6) is 0 Å². The summed E-state index contributed by atoms with van der Waals surface area (Å²) in [4.78, 5) is 24.2. The van der Waals surface area contributed by atoms with Gasteiger partial charge < -0.3 is 10.4 Å². The van der Waals surface area contributed by atoms with Gasteiger partial charge >= 0.3 is 5.97 Å². The fourth-order valence-electron chi connectivity index (χ4n) is 2.04. The van der Waals surface area contributed by atoms with Crippen LogP contribution in [0.25, 0.3) is 0 Å². The molecule has 0 saturated heterocycles. The number of aliphatic carboxylic acids is 1. The molecule has 0 aliphatic heterocycles. The maximum atomic E-state index is 11.3. The molecule has 1 fully saturated rings. The van der Waals surface area contributed by atoms with Gasteiger partial charge in [-0.25, -0.2) is 0 Å². The molecule has 1 aliphatic carbocycles. The van der Waals surface area contributed by atoms with Crippen LogP contribution in [0.1, 0.15) is 19.8 Å². The van der Waals surface area contributed by atoms with Gasteiger partial charge in [0.2, 0.25) is 5.91 Å².